The number of rotatable bonds is 7. The maximum atomic E-state index is 13.2. The molecular formula is C26H23Cl2N3O4. The van der Waals surface area contributed by atoms with Crippen LogP contribution in [-0.4, -0.2) is 46.5 Å². The van der Waals surface area contributed by atoms with Crippen LogP contribution in [0.15, 0.2) is 59.0 Å². The number of anilines is 1. The van der Waals surface area contributed by atoms with E-state index in [0.29, 0.717) is 45.3 Å². The summed E-state index contributed by atoms with van der Waals surface area (Å²) in [5, 5.41) is 13.4. The fourth-order valence-electron chi connectivity index (χ4n) is 3.84. The minimum atomic E-state index is -0.749. The van der Waals surface area contributed by atoms with Crippen LogP contribution in [0.5, 0.6) is 0 Å². The summed E-state index contributed by atoms with van der Waals surface area (Å²) >= 11 is 12.6. The van der Waals surface area contributed by atoms with Crippen molar-refractivity contribution in [1.82, 2.24) is 9.88 Å². The van der Waals surface area contributed by atoms with Crippen molar-refractivity contribution in [3.05, 3.63) is 70.4 Å². The Labute approximate surface area is 212 Å². The summed E-state index contributed by atoms with van der Waals surface area (Å²) in [5.74, 6) is -1.13. The van der Waals surface area contributed by atoms with Gasteiger partial charge in [-0.25, -0.2) is 4.98 Å². The highest BCUT2D eigenvalue weighted by Crippen LogP contribution is 2.40. The molecule has 0 saturated carbocycles. The van der Waals surface area contributed by atoms with Crippen molar-refractivity contribution in [2.24, 2.45) is 0 Å². The Morgan fingerprint density at radius 1 is 1.03 bits per heavy atom. The lowest BCUT2D eigenvalue weighted by Gasteiger charge is -2.17. The zero-order chi connectivity index (χ0) is 25.1. The SMILES string of the molecule is CCN(CC)C(=O)c1oc2nc(-c3ccccc3Cl)c(-c3ccc(Cl)cc3)cc2c1NC(=O)CO. The molecule has 2 N–H and O–H groups in total. The van der Waals surface area contributed by atoms with Gasteiger partial charge in [0.2, 0.25) is 17.4 Å². The second kappa shape index (κ2) is 10.5. The Morgan fingerprint density at radius 2 is 1.71 bits per heavy atom. The Hall–Kier alpha value is -3.39. The van der Waals surface area contributed by atoms with Crippen molar-refractivity contribution < 1.29 is 19.1 Å². The summed E-state index contributed by atoms with van der Waals surface area (Å²) < 4.78 is 5.94. The molecule has 0 radical (unpaired) electrons. The topological polar surface area (TPSA) is 95.7 Å². The molecule has 2 aromatic heterocycles. The number of hydrogen-bond acceptors (Lipinski definition) is 5. The number of hydrogen-bond donors (Lipinski definition) is 2. The van der Waals surface area contributed by atoms with Crippen LogP contribution >= 0.6 is 23.2 Å². The number of halogens is 2. The second-order valence-corrected chi connectivity index (χ2v) is 8.56. The summed E-state index contributed by atoms with van der Waals surface area (Å²) in [5.41, 5.74) is 3.03. The molecule has 0 aliphatic heterocycles. The summed E-state index contributed by atoms with van der Waals surface area (Å²) in [6, 6.07) is 16.3. The van der Waals surface area contributed by atoms with Gasteiger partial charge < -0.3 is 19.7 Å². The number of amides is 2. The predicted octanol–water partition coefficient (Wildman–Crippen LogP) is 5.88. The number of aliphatic hydroxyl groups excluding tert-OH is 1. The van der Waals surface area contributed by atoms with Crippen molar-refractivity contribution in [3.8, 4) is 22.4 Å². The molecule has 180 valence electrons. The van der Waals surface area contributed by atoms with Gasteiger partial charge in [0.05, 0.1) is 11.1 Å². The van der Waals surface area contributed by atoms with Gasteiger partial charge in [-0.1, -0.05) is 53.5 Å². The molecule has 2 amide bonds. The number of nitrogens with one attached hydrogen (secondary N) is 1. The average molecular weight is 512 g/mol. The summed E-state index contributed by atoms with van der Waals surface area (Å²) in [4.78, 5) is 31.7. The first-order valence-electron chi connectivity index (χ1n) is 11.1. The van der Waals surface area contributed by atoms with Crippen molar-refractivity contribution in [2.45, 2.75) is 13.8 Å². The second-order valence-electron chi connectivity index (χ2n) is 7.71. The number of nitrogens with zero attached hydrogens (tertiary/aromatic N) is 2. The van der Waals surface area contributed by atoms with Crippen molar-refractivity contribution in [3.63, 3.8) is 0 Å². The van der Waals surface area contributed by atoms with Gasteiger partial charge in [-0.3, -0.25) is 9.59 Å². The molecule has 35 heavy (non-hydrogen) atoms. The Kier molecular flexibility index (Phi) is 7.40. The quantitative estimate of drug-likeness (QED) is 0.322. The Morgan fingerprint density at radius 3 is 2.34 bits per heavy atom. The standard InChI is InChI=1S/C26H23Cl2N3O4/c1-3-31(4-2)26(34)24-23(29-21(33)14-32)19-13-18(15-9-11-16(27)12-10-15)22(30-25(19)35-24)17-7-5-6-8-20(17)28/h5-13,32H,3-4,14H2,1-2H3,(H,29,33). The van der Waals surface area contributed by atoms with Crippen molar-refractivity contribution in [1.29, 1.82) is 0 Å². The van der Waals surface area contributed by atoms with E-state index in [2.05, 4.69) is 5.32 Å². The number of pyridine rings is 1. The van der Waals surface area contributed by atoms with E-state index in [4.69, 9.17) is 32.6 Å². The Balaban J connectivity index is 2.04. The van der Waals surface area contributed by atoms with E-state index in [1.54, 1.807) is 29.2 Å². The van der Waals surface area contributed by atoms with E-state index in [1.165, 1.54) is 0 Å². The van der Waals surface area contributed by atoms with Crippen LogP contribution in [0.2, 0.25) is 10.0 Å². The third-order valence-electron chi connectivity index (χ3n) is 5.62. The average Bonchev–Trinajstić information content (AvgIpc) is 3.21. The first-order chi connectivity index (χ1) is 16.9. The van der Waals surface area contributed by atoms with Gasteiger partial charge in [-0.15, -0.1) is 0 Å². The summed E-state index contributed by atoms with van der Waals surface area (Å²) in [7, 11) is 0. The number of carbonyl (C=O) groups is 2. The molecule has 0 aliphatic carbocycles. The number of aromatic nitrogens is 1. The van der Waals surface area contributed by atoms with Crippen LogP contribution in [-0.2, 0) is 4.79 Å². The summed E-state index contributed by atoms with van der Waals surface area (Å²) in [6.07, 6.45) is 0. The molecule has 2 aromatic carbocycles. The maximum absolute atomic E-state index is 13.2. The van der Waals surface area contributed by atoms with E-state index < -0.39 is 18.4 Å². The molecule has 4 rings (SSSR count). The minimum absolute atomic E-state index is 0.0589. The van der Waals surface area contributed by atoms with Gasteiger partial charge >= 0.3 is 0 Å². The fourth-order valence-corrected chi connectivity index (χ4v) is 4.19. The van der Waals surface area contributed by atoms with Crippen LogP contribution in [0.4, 0.5) is 5.69 Å². The number of benzene rings is 2. The number of fused-ring (bicyclic) bond motifs is 1. The monoisotopic (exact) mass is 511 g/mol. The minimum Gasteiger partial charge on any atom is -0.430 e. The normalized spacial score (nSPS) is 11.0. The first kappa shape index (κ1) is 24.7. The van der Waals surface area contributed by atoms with Crippen LogP contribution in [0.25, 0.3) is 33.5 Å². The third-order valence-corrected chi connectivity index (χ3v) is 6.20. The van der Waals surface area contributed by atoms with E-state index in [1.807, 2.05) is 44.2 Å². The van der Waals surface area contributed by atoms with E-state index in [9.17, 15) is 14.7 Å². The smallest absolute Gasteiger partial charge is 0.291 e. The molecule has 4 aromatic rings. The fraction of sp³-hybridized carbons (Fsp3) is 0.192. The van der Waals surface area contributed by atoms with Gasteiger partial charge in [0.25, 0.3) is 5.91 Å². The maximum Gasteiger partial charge on any atom is 0.291 e. The van der Waals surface area contributed by atoms with Crippen molar-refractivity contribution >= 4 is 51.8 Å². The van der Waals surface area contributed by atoms with Crippen LogP contribution < -0.4 is 5.32 Å². The lowest BCUT2D eigenvalue weighted by atomic mass is 9.98. The van der Waals surface area contributed by atoms with Gasteiger partial charge in [-0.05, 0) is 43.7 Å². The predicted molar refractivity (Wildman–Crippen MR) is 138 cm³/mol. The molecule has 0 aliphatic rings. The number of furan rings is 1. The molecule has 0 bridgehead atoms. The third kappa shape index (κ3) is 4.89. The Bertz CT molecular complexity index is 1400. The number of aliphatic hydroxyl groups is 1. The zero-order valence-corrected chi connectivity index (χ0v) is 20.7. The number of carbonyl (C=O) groups excluding carboxylic acids is 2. The largest absolute Gasteiger partial charge is 0.430 e. The molecular weight excluding hydrogens is 489 g/mol. The van der Waals surface area contributed by atoms with Crippen molar-refractivity contribution in [2.75, 3.05) is 25.0 Å². The summed E-state index contributed by atoms with van der Waals surface area (Å²) in [6.45, 7) is 3.85. The molecule has 0 unspecified atom stereocenters. The molecule has 0 spiro atoms. The highest BCUT2D eigenvalue weighted by molar-refractivity contribution is 6.33. The van der Waals surface area contributed by atoms with E-state index in [-0.39, 0.29) is 17.2 Å². The van der Waals surface area contributed by atoms with Crippen LogP contribution in [0.1, 0.15) is 24.4 Å². The van der Waals surface area contributed by atoms with Gasteiger partial charge in [0, 0.05) is 34.3 Å². The molecule has 7 nitrogen and oxygen atoms in total. The van der Waals surface area contributed by atoms with Gasteiger partial charge in [0.15, 0.2) is 0 Å². The highest BCUT2D eigenvalue weighted by atomic mass is 35.5. The molecule has 0 atom stereocenters. The molecule has 2 heterocycles. The zero-order valence-electron chi connectivity index (χ0n) is 19.1. The molecule has 0 fully saturated rings. The lowest BCUT2D eigenvalue weighted by molar-refractivity contribution is -0.118. The van der Waals surface area contributed by atoms with E-state index >= 15 is 0 Å². The van der Waals surface area contributed by atoms with Gasteiger partial charge in [-0.2, -0.15) is 0 Å². The lowest BCUT2D eigenvalue weighted by Crippen LogP contribution is -2.31. The molecule has 9 heteroatoms. The highest BCUT2D eigenvalue weighted by Gasteiger charge is 2.27. The van der Waals surface area contributed by atoms with Gasteiger partial charge in [0.1, 0.15) is 12.3 Å². The van der Waals surface area contributed by atoms with Crippen LogP contribution in [0, 0.1) is 0 Å². The molecule has 0 saturated heterocycles. The van der Waals surface area contributed by atoms with E-state index in [0.717, 1.165) is 5.56 Å². The first-order valence-corrected chi connectivity index (χ1v) is 11.8. The van der Waals surface area contributed by atoms with Crippen LogP contribution in [0.3, 0.4) is 0 Å².